The molecule has 2 aliphatic heterocycles. The Labute approximate surface area is 179 Å². The number of esters is 1. The number of imide groups is 1. The Morgan fingerprint density at radius 2 is 1.77 bits per heavy atom. The van der Waals surface area contributed by atoms with Crippen molar-refractivity contribution in [2.24, 2.45) is 5.92 Å². The van der Waals surface area contributed by atoms with Crippen LogP contribution in [0.3, 0.4) is 0 Å². The molecule has 164 valence electrons. The van der Waals surface area contributed by atoms with Gasteiger partial charge in [0.15, 0.2) is 0 Å². The van der Waals surface area contributed by atoms with E-state index in [2.05, 4.69) is 18.7 Å². The zero-order valence-electron chi connectivity index (χ0n) is 18.5. The topological polar surface area (TPSA) is 70.2 Å². The van der Waals surface area contributed by atoms with Gasteiger partial charge in [0.05, 0.1) is 12.7 Å². The number of rotatable bonds is 7. The van der Waals surface area contributed by atoms with Crippen LogP contribution in [0.5, 0.6) is 0 Å². The van der Waals surface area contributed by atoms with E-state index in [-0.39, 0.29) is 17.9 Å². The van der Waals surface area contributed by atoms with E-state index >= 15 is 0 Å². The minimum Gasteiger partial charge on any atom is -0.465 e. The molecule has 0 N–H and O–H groups in total. The van der Waals surface area contributed by atoms with Crippen LogP contribution in [-0.2, 0) is 16.1 Å². The van der Waals surface area contributed by atoms with Crippen molar-refractivity contribution in [3.63, 3.8) is 0 Å². The minimum atomic E-state index is -0.687. The van der Waals surface area contributed by atoms with Gasteiger partial charge in [-0.1, -0.05) is 26.0 Å². The van der Waals surface area contributed by atoms with Crippen molar-refractivity contribution in [1.82, 2.24) is 14.7 Å². The predicted octanol–water partition coefficient (Wildman–Crippen LogP) is 3.14. The maximum absolute atomic E-state index is 13.2. The fourth-order valence-corrected chi connectivity index (χ4v) is 4.45. The number of piperidine rings is 1. The van der Waals surface area contributed by atoms with Crippen LogP contribution in [0.1, 0.15) is 56.0 Å². The lowest BCUT2D eigenvalue weighted by Gasteiger charge is -2.42. The normalized spacial score (nSPS) is 19.2. The van der Waals surface area contributed by atoms with E-state index in [9.17, 15) is 14.4 Å². The van der Waals surface area contributed by atoms with Gasteiger partial charge in [0.2, 0.25) is 0 Å². The molecule has 2 heterocycles. The number of hydrogen-bond donors (Lipinski definition) is 0. The fourth-order valence-electron chi connectivity index (χ4n) is 4.45. The molecule has 1 spiro atoms. The van der Waals surface area contributed by atoms with Crippen molar-refractivity contribution in [2.75, 3.05) is 33.3 Å². The second kappa shape index (κ2) is 9.16. The summed E-state index contributed by atoms with van der Waals surface area (Å²) in [6.45, 7) is 9.47. The van der Waals surface area contributed by atoms with Gasteiger partial charge in [-0.3, -0.25) is 14.6 Å². The Kier molecular flexibility index (Phi) is 6.81. The van der Waals surface area contributed by atoms with Crippen LogP contribution in [0.25, 0.3) is 0 Å². The molecule has 1 aromatic carbocycles. The molecule has 0 atom stereocenters. The molecule has 30 heavy (non-hydrogen) atoms. The van der Waals surface area contributed by atoms with E-state index in [1.807, 2.05) is 24.0 Å². The lowest BCUT2D eigenvalue weighted by atomic mass is 9.85. The van der Waals surface area contributed by atoms with Crippen LogP contribution in [0.4, 0.5) is 4.79 Å². The monoisotopic (exact) mass is 415 g/mol. The third kappa shape index (κ3) is 4.21. The molecule has 7 heteroatoms. The standard InChI is InChI=1S/C23H33N3O4/c1-5-25-21(28)23(26(22(25)29)13-10-17(2)3)11-14-24(15-12-23)16-18-6-8-19(9-7-18)20(27)30-4/h6-9,17H,5,10-16H2,1-4H3. The lowest BCUT2D eigenvalue weighted by Crippen LogP contribution is -2.56. The number of likely N-dealkylation sites (N-methyl/N-ethyl adjacent to an activating group) is 1. The molecule has 3 amide bonds. The third-order valence-corrected chi connectivity index (χ3v) is 6.33. The lowest BCUT2D eigenvalue weighted by molar-refractivity contribution is -0.135. The SMILES string of the molecule is CCN1C(=O)N(CCC(C)C)C2(CCN(Cc3ccc(C(=O)OC)cc3)CC2)C1=O. The van der Waals surface area contributed by atoms with Gasteiger partial charge < -0.3 is 9.64 Å². The van der Waals surface area contributed by atoms with Crippen molar-refractivity contribution in [1.29, 1.82) is 0 Å². The summed E-state index contributed by atoms with van der Waals surface area (Å²) in [7, 11) is 1.37. The molecule has 0 aliphatic carbocycles. The Balaban J connectivity index is 1.67. The highest BCUT2D eigenvalue weighted by atomic mass is 16.5. The van der Waals surface area contributed by atoms with Crippen molar-refractivity contribution in [3.05, 3.63) is 35.4 Å². The highest BCUT2D eigenvalue weighted by Gasteiger charge is 2.57. The quantitative estimate of drug-likeness (QED) is 0.505. The van der Waals surface area contributed by atoms with E-state index < -0.39 is 5.54 Å². The number of ether oxygens (including phenoxy) is 1. The largest absolute Gasteiger partial charge is 0.465 e. The van der Waals surface area contributed by atoms with Gasteiger partial charge in [-0.25, -0.2) is 9.59 Å². The number of nitrogens with zero attached hydrogens (tertiary/aromatic N) is 3. The van der Waals surface area contributed by atoms with E-state index in [1.165, 1.54) is 12.0 Å². The summed E-state index contributed by atoms with van der Waals surface area (Å²) in [6.07, 6.45) is 2.22. The highest BCUT2D eigenvalue weighted by molar-refractivity contribution is 6.07. The van der Waals surface area contributed by atoms with Crippen LogP contribution in [0, 0.1) is 5.92 Å². The van der Waals surface area contributed by atoms with E-state index in [0.29, 0.717) is 37.4 Å². The van der Waals surface area contributed by atoms with Gasteiger partial charge in [-0.05, 0) is 49.8 Å². The molecule has 0 aromatic heterocycles. The van der Waals surface area contributed by atoms with Crippen LogP contribution in [0.15, 0.2) is 24.3 Å². The Hall–Kier alpha value is -2.41. The smallest absolute Gasteiger partial charge is 0.337 e. The Morgan fingerprint density at radius 3 is 2.30 bits per heavy atom. The number of likely N-dealkylation sites (tertiary alicyclic amines) is 1. The summed E-state index contributed by atoms with van der Waals surface area (Å²) in [5.41, 5.74) is 0.960. The van der Waals surface area contributed by atoms with E-state index in [1.54, 1.807) is 12.1 Å². The third-order valence-electron chi connectivity index (χ3n) is 6.33. The van der Waals surface area contributed by atoms with E-state index in [4.69, 9.17) is 4.74 Å². The van der Waals surface area contributed by atoms with Gasteiger partial charge >= 0.3 is 12.0 Å². The average Bonchev–Trinajstić information content (AvgIpc) is 2.93. The Bertz CT molecular complexity index is 782. The Morgan fingerprint density at radius 1 is 1.13 bits per heavy atom. The maximum Gasteiger partial charge on any atom is 0.337 e. The number of carbonyl (C=O) groups excluding carboxylic acids is 3. The molecule has 7 nitrogen and oxygen atoms in total. The summed E-state index contributed by atoms with van der Waals surface area (Å²) in [6, 6.07) is 7.30. The van der Waals surface area contributed by atoms with Crippen LogP contribution < -0.4 is 0 Å². The van der Waals surface area contributed by atoms with Gasteiger partial charge in [0.1, 0.15) is 5.54 Å². The fraction of sp³-hybridized carbons (Fsp3) is 0.609. The van der Waals surface area contributed by atoms with Crippen LogP contribution in [-0.4, -0.2) is 71.4 Å². The van der Waals surface area contributed by atoms with Crippen LogP contribution >= 0.6 is 0 Å². The predicted molar refractivity (Wildman–Crippen MR) is 114 cm³/mol. The van der Waals surface area contributed by atoms with E-state index in [0.717, 1.165) is 31.6 Å². The zero-order chi connectivity index (χ0) is 21.9. The summed E-state index contributed by atoms with van der Waals surface area (Å²) >= 11 is 0. The first kappa shape index (κ1) is 22.3. The van der Waals surface area contributed by atoms with Gasteiger partial charge in [-0.15, -0.1) is 0 Å². The van der Waals surface area contributed by atoms with Crippen molar-refractivity contribution >= 4 is 17.9 Å². The van der Waals surface area contributed by atoms with Crippen molar-refractivity contribution in [3.8, 4) is 0 Å². The molecule has 0 unspecified atom stereocenters. The summed E-state index contributed by atoms with van der Waals surface area (Å²) in [5.74, 6) is 0.113. The highest BCUT2D eigenvalue weighted by Crippen LogP contribution is 2.38. The second-order valence-corrected chi connectivity index (χ2v) is 8.66. The van der Waals surface area contributed by atoms with Crippen molar-refractivity contribution in [2.45, 2.75) is 52.1 Å². The number of amides is 3. The molecule has 3 rings (SSSR count). The molecule has 0 bridgehead atoms. The first-order valence-electron chi connectivity index (χ1n) is 10.9. The zero-order valence-corrected chi connectivity index (χ0v) is 18.5. The molecule has 0 saturated carbocycles. The molecule has 2 saturated heterocycles. The van der Waals surface area contributed by atoms with Crippen molar-refractivity contribution < 1.29 is 19.1 Å². The molecule has 0 radical (unpaired) electrons. The average molecular weight is 416 g/mol. The summed E-state index contributed by atoms with van der Waals surface area (Å²) in [5, 5.41) is 0. The molecule has 2 fully saturated rings. The maximum atomic E-state index is 13.2. The number of benzene rings is 1. The van der Waals surface area contributed by atoms with Gasteiger partial charge in [0, 0.05) is 32.7 Å². The molecular weight excluding hydrogens is 382 g/mol. The molecule has 1 aromatic rings. The number of carbonyl (C=O) groups is 3. The van der Waals surface area contributed by atoms with Gasteiger partial charge in [0.25, 0.3) is 5.91 Å². The number of hydrogen-bond acceptors (Lipinski definition) is 5. The number of methoxy groups -OCH3 is 1. The summed E-state index contributed by atoms with van der Waals surface area (Å²) < 4.78 is 4.74. The first-order valence-corrected chi connectivity index (χ1v) is 10.9. The van der Waals surface area contributed by atoms with Crippen LogP contribution in [0.2, 0.25) is 0 Å². The minimum absolute atomic E-state index is 0.0270. The van der Waals surface area contributed by atoms with Gasteiger partial charge in [-0.2, -0.15) is 0 Å². The molecule has 2 aliphatic rings. The second-order valence-electron chi connectivity index (χ2n) is 8.66. The summed E-state index contributed by atoms with van der Waals surface area (Å²) in [4.78, 5) is 43.2. The molecular formula is C23H33N3O4. The first-order chi connectivity index (χ1) is 14.3. The number of urea groups is 1.